The van der Waals surface area contributed by atoms with Gasteiger partial charge in [0.1, 0.15) is 5.75 Å². The van der Waals surface area contributed by atoms with Crippen LogP contribution in [0.25, 0.3) is 0 Å². The van der Waals surface area contributed by atoms with Gasteiger partial charge in [0, 0.05) is 55.0 Å². The number of hydrogen-bond donors (Lipinski definition) is 2. The first-order valence-electron chi connectivity index (χ1n) is 15.1. The highest BCUT2D eigenvalue weighted by Crippen LogP contribution is 2.50. The Morgan fingerprint density at radius 3 is 2.77 bits per heavy atom. The highest BCUT2D eigenvalue weighted by atomic mass is 32.1. The lowest BCUT2D eigenvalue weighted by atomic mass is 9.57. The first-order chi connectivity index (χ1) is 19.5. The topological polar surface area (TPSA) is 55.8 Å². The summed E-state index contributed by atoms with van der Waals surface area (Å²) in [5, 5.41) is 16.0. The van der Waals surface area contributed by atoms with Gasteiger partial charge in [0.2, 0.25) is 5.91 Å². The summed E-state index contributed by atoms with van der Waals surface area (Å²) in [5.41, 5.74) is 4.05. The van der Waals surface area contributed by atoms with E-state index < -0.39 is 0 Å². The van der Waals surface area contributed by atoms with Crippen molar-refractivity contribution in [1.82, 2.24) is 15.1 Å². The number of hydrogen-bond acceptors (Lipinski definition) is 5. The van der Waals surface area contributed by atoms with Gasteiger partial charge in [-0.1, -0.05) is 49.4 Å². The summed E-state index contributed by atoms with van der Waals surface area (Å²) in [6, 6.07) is 21.6. The van der Waals surface area contributed by atoms with E-state index >= 15 is 0 Å². The molecule has 212 valence electrons. The summed E-state index contributed by atoms with van der Waals surface area (Å²) in [4.78, 5) is 19.9. The number of fused-ring (bicyclic) bond motifs is 3. The zero-order valence-electron chi connectivity index (χ0n) is 23.7. The van der Waals surface area contributed by atoms with E-state index in [1.807, 2.05) is 23.5 Å². The molecule has 1 aliphatic carbocycles. The summed E-state index contributed by atoms with van der Waals surface area (Å²) in [5.74, 6) is 0.954. The SMILES string of the molecule is C[C@@H]1CN(CCCc2cccs2)[C@H]2C[C@H](NC(=O)CCN3CCc4ccccc4C3)C[C@]1(c1cccc(O)c1)C2. The van der Waals surface area contributed by atoms with Gasteiger partial charge in [-0.3, -0.25) is 14.6 Å². The van der Waals surface area contributed by atoms with Crippen molar-refractivity contribution in [3.8, 4) is 5.75 Å². The summed E-state index contributed by atoms with van der Waals surface area (Å²) >= 11 is 1.85. The van der Waals surface area contributed by atoms with Crippen molar-refractivity contribution in [2.45, 2.75) is 75.9 Å². The van der Waals surface area contributed by atoms with Crippen LogP contribution in [0.4, 0.5) is 0 Å². The predicted octanol–water partition coefficient (Wildman–Crippen LogP) is 5.76. The number of phenolic OH excluding ortho intramolecular Hbond substituents is 1. The van der Waals surface area contributed by atoms with E-state index in [-0.39, 0.29) is 17.4 Å². The molecule has 1 saturated carbocycles. The summed E-state index contributed by atoms with van der Waals surface area (Å²) < 4.78 is 0. The zero-order chi connectivity index (χ0) is 27.5. The molecule has 0 unspecified atom stereocenters. The molecule has 2 fully saturated rings. The number of carbonyl (C=O) groups is 1. The quantitative estimate of drug-likeness (QED) is 0.351. The van der Waals surface area contributed by atoms with Crippen molar-refractivity contribution in [1.29, 1.82) is 0 Å². The van der Waals surface area contributed by atoms with Crippen molar-refractivity contribution in [3.63, 3.8) is 0 Å². The molecule has 1 amide bonds. The Morgan fingerprint density at radius 2 is 1.95 bits per heavy atom. The fraction of sp³-hybridized carbons (Fsp3) is 0.500. The fourth-order valence-electron chi connectivity index (χ4n) is 7.73. The van der Waals surface area contributed by atoms with E-state index in [2.05, 4.69) is 69.9 Å². The second-order valence-electron chi connectivity index (χ2n) is 12.4. The molecule has 4 atom stereocenters. The lowest BCUT2D eigenvalue weighted by molar-refractivity contribution is -0.123. The van der Waals surface area contributed by atoms with E-state index in [9.17, 15) is 9.90 Å². The van der Waals surface area contributed by atoms with Gasteiger partial charge in [-0.2, -0.15) is 0 Å². The fourth-order valence-corrected chi connectivity index (χ4v) is 8.48. The molecule has 6 heteroatoms. The van der Waals surface area contributed by atoms with Gasteiger partial charge in [0.05, 0.1) is 0 Å². The standard InChI is InChI=1S/C34H43N3O2S/c1-25-23-37(15-5-11-32-12-6-18-40-32)30-20-29(21-34(25,22-30)28-9-4-10-31(38)19-28)35-33(39)14-17-36-16-13-26-7-2-3-8-27(26)24-36/h2-4,6-10,12,18-19,25,29-30,38H,5,11,13-17,20-24H2,1H3,(H,35,39)/t25-,29+,30+,34+/m1/s1. The Labute approximate surface area is 243 Å². The average Bonchev–Trinajstić information content (AvgIpc) is 3.48. The normalized spacial score (nSPS) is 26.8. The molecular formula is C34H43N3O2S. The average molecular weight is 558 g/mol. The van der Waals surface area contributed by atoms with Crippen LogP contribution >= 0.6 is 11.3 Å². The van der Waals surface area contributed by atoms with Crippen LogP contribution in [0.5, 0.6) is 5.75 Å². The van der Waals surface area contributed by atoms with Crippen molar-refractivity contribution in [2.24, 2.45) is 5.92 Å². The number of benzene rings is 2. The second kappa shape index (κ2) is 12.1. The molecule has 6 rings (SSSR count). The van der Waals surface area contributed by atoms with Crippen LogP contribution < -0.4 is 5.32 Å². The van der Waals surface area contributed by atoms with E-state index in [0.717, 1.165) is 64.8 Å². The van der Waals surface area contributed by atoms with Crippen LogP contribution in [0, 0.1) is 5.92 Å². The molecule has 2 N–H and O–H groups in total. The third-order valence-corrected chi connectivity index (χ3v) is 10.8. The minimum atomic E-state index is -0.0273. The van der Waals surface area contributed by atoms with Crippen LogP contribution in [0.1, 0.15) is 60.6 Å². The number of rotatable bonds is 9. The van der Waals surface area contributed by atoms with Gasteiger partial charge in [-0.05, 0) is 91.3 Å². The van der Waals surface area contributed by atoms with Crippen LogP contribution in [0.3, 0.4) is 0 Å². The largest absolute Gasteiger partial charge is 0.508 e. The Hall–Kier alpha value is -2.67. The maximum absolute atomic E-state index is 13.3. The molecule has 1 saturated heterocycles. The monoisotopic (exact) mass is 557 g/mol. The van der Waals surface area contributed by atoms with Crippen molar-refractivity contribution in [3.05, 3.63) is 87.6 Å². The highest BCUT2D eigenvalue weighted by molar-refractivity contribution is 7.09. The number of nitrogens with one attached hydrogen (secondary N) is 1. The number of nitrogens with zero attached hydrogens (tertiary/aromatic N) is 2. The zero-order valence-corrected chi connectivity index (χ0v) is 24.5. The number of carbonyl (C=O) groups excluding carboxylic acids is 1. The molecular weight excluding hydrogens is 514 g/mol. The van der Waals surface area contributed by atoms with E-state index in [0.29, 0.717) is 24.1 Å². The molecule has 2 aliphatic heterocycles. The first-order valence-corrected chi connectivity index (χ1v) is 16.0. The lowest BCUT2D eigenvalue weighted by Gasteiger charge is -2.56. The van der Waals surface area contributed by atoms with Crippen LogP contribution in [-0.4, -0.2) is 59.1 Å². The Morgan fingerprint density at radius 1 is 1.07 bits per heavy atom. The number of amides is 1. The summed E-state index contributed by atoms with van der Waals surface area (Å²) in [6.45, 7) is 7.31. The van der Waals surface area contributed by atoms with Crippen molar-refractivity contribution in [2.75, 3.05) is 26.2 Å². The third kappa shape index (κ3) is 6.00. The Balaban J connectivity index is 1.12. The third-order valence-electron chi connectivity index (χ3n) is 9.83. The van der Waals surface area contributed by atoms with Crippen LogP contribution in [-0.2, 0) is 29.6 Å². The summed E-state index contributed by atoms with van der Waals surface area (Å²) in [7, 11) is 0. The van der Waals surface area contributed by atoms with Crippen LogP contribution in [0.2, 0.25) is 0 Å². The summed E-state index contributed by atoms with van der Waals surface area (Å²) in [6.07, 6.45) is 6.95. The molecule has 0 radical (unpaired) electrons. The number of phenols is 1. The molecule has 3 heterocycles. The Bertz CT molecular complexity index is 1290. The number of thiophene rings is 1. The minimum Gasteiger partial charge on any atom is -0.508 e. The van der Waals surface area contributed by atoms with E-state index in [1.165, 1.54) is 28.0 Å². The van der Waals surface area contributed by atoms with Gasteiger partial charge in [0.15, 0.2) is 0 Å². The number of aromatic hydroxyl groups is 1. The first kappa shape index (κ1) is 27.5. The minimum absolute atomic E-state index is 0.0273. The van der Waals surface area contributed by atoms with Gasteiger partial charge in [-0.15, -0.1) is 11.3 Å². The smallest absolute Gasteiger partial charge is 0.221 e. The van der Waals surface area contributed by atoms with Gasteiger partial charge in [0.25, 0.3) is 0 Å². The van der Waals surface area contributed by atoms with Gasteiger partial charge in [-0.25, -0.2) is 0 Å². The van der Waals surface area contributed by atoms with Crippen molar-refractivity contribution >= 4 is 17.2 Å². The molecule has 3 aliphatic rings. The molecule has 1 aromatic heterocycles. The van der Waals surface area contributed by atoms with E-state index in [1.54, 1.807) is 6.07 Å². The van der Waals surface area contributed by atoms with Crippen molar-refractivity contribution < 1.29 is 9.90 Å². The molecule has 5 nitrogen and oxygen atoms in total. The number of piperidine rings is 1. The van der Waals surface area contributed by atoms with Gasteiger partial charge < -0.3 is 10.4 Å². The maximum Gasteiger partial charge on any atom is 0.221 e. The van der Waals surface area contributed by atoms with Gasteiger partial charge >= 0.3 is 0 Å². The number of likely N-dealkylation sites (tertiary alicyclic amines) is 1. The molecule has 3 aromatic rings. The Kier molecular flexibility index (Phi) is 8.29. The highest BCUT2D eigenvalue weighted by Gasteiger charge is 2.51. The molecule has 40 heavy (non-hydrogen) atoms. The second-order valence-corrected chi connectivity index (χ2v) is 13.4. The molecule has 0 spiro atoms. The maximum atomic E-state index is 13.3. The van der Waals surface area contributed by atoms with E-state index in [4.69, 9.17) is 0 Å². The number of aryl methyl sites for hydroxylation is 1. The lowest BCUT2D eigenvalue weighted by Crippen LogP contribution is -2.61. The van der Waals surface area contributed by atoms with Crippen LogP contribution in [0.15, 0.2) is 66.0 Å². The predicted molar refractivity (Wildman–Crippen MR) is 163 cm³/mol. The molecule has 2 bridgehead atoms. The molecule has 2 aromatic carbocycles.